The summed E-state index contributed by atoms with van der Waals surface area (Å²) in [4.78, 5) is 38.0. The Morgan fingerprint density at radius 3 is 2.31 bits per heavy atom. The second-order valence-electron chi connectivity index (χ2n) is 5.44. The largest absolute Gasteiger partial charge is 0.466 e. The maximum atomic E-state index is 11.5. The van der Waals surface area contributed by atoms with Gasteiger partial charge in [-0.2, -0.15) is 0 Å². The van der Waals surface area contributed by atoms with E-state index in [-0.39, 0.29) is 30.7 Å². The Bertz CT molecular complexity index is 534. The van der Waals surface area contributed by atoms with Gasteiger partial charge in [0.1, 0.15) is 0 Å². The number of unbranched alkanes of at least 4 members (excludes halogenated alkanes) is 1. The number of carbonyl (C=O) groups is 3. The molecule has 1 rings (SSSR count). The van der Waals surface area contributed by atoms with Crippen molar-refractivity contribution in [3.05, 3.63) is 35.9 Å². The molecule has 7 heteroatoms. The summed E-state index contributed by atoms with van der Waals surface area (Å²) >= 11 is 0. The molecule has 2 amide bonds. The summed E-state index contributed by atoms with van der Waals surface area (Å²) in [6, 6.07) is 9.35. The third-order valence-corrected chi connectivity index (χ3v) is 3.32. The van der Waals surface area contributed by atoms with E-state index < -0.39 is 0 Å². The van der Waals surface area contributed by atoms with Crippen molar-refractivity contribution in [2.24, 2.45) is 0 Å². The molecule has 0 unspecified atom stereocenters. The lowest BCUT2D eigenvalue weighted by Crippen LogP contribution is -2.38. The van der Waals surface area contributed by atoms with Crippen LogP contribution in [-0.4, -0.2) is 50.2 Å². The molecular formula is C19H30N2O5. The summed E-state index contributed by atoms with van der Waals surface area (Å²) in [6.07, 6.45) is 2.82. The van der Waals surface area contributed by atoms with Crippen molar-refractivity contribution in [3.63, 3.8) is 0 Å². The molecule has 0 aliphatic rings. The maximum absolute atomic E-state index is 11.5. The van der Waals surface area contributed by atoms with Gasteiger partial charge in [0.25, 0.3) is 5.91 Å². The Morgan fingerprint density at radius 2 is 1.77 bits per heavy atom. The predicted molar refractivity (Wildman–Crippen MR) is 99.1 cm³/mol. The quantitative estimate of drug-likeness (QED) is 0.411. The van der Waals surface area contributed by atoms with E-state index in [0.29, 0.717) is 13.0 Å². The highest BCUT2D eigenvalue weighted by Crippen LogP contribution is 1.99. The minimum atomic E-state index is -0.297. The second-order valence-corrected chi connectivity index (χ2v) is 5.44. The number of hydrogen-bond acceptors (Lipinski definition) is 5. The Labute approximate surface area is 155 Å². The third kappa shape index (κ3) is 12.0. The zero-order chi connectivity index (χ0) is 19.8. The van der Waals surface area contributed by atoms with E-state index in [1.54, 1.807) is 6.92 Å². The first-order valence-electron chi connectivity index (χ1n) is 8.71. The zero-order valence-electron chi connectivity index (χ0n) is 16.1. The number of ether oxygens (including phenoxy) is 1. The first kappa shape index (κ1) is 23.6. The van der Waals surface area contributed by atoms with E-state index >= 15 is 0 Å². The van der Waals surface area contributed by atoms with Crippen molar-refractivity contribution in [2.45, 2.75) is 39.5 Å². The molecule has 0 bridgehead atoms. The van der Waals surface area contributed by atoms with E-state index in [2.05, 4.69) is 12.2 Å². The van der Waals surface area contributed by atoms with Crippen LogP contribution < -0.4 is 5.32 Å². The van der Waals surface area contributed by atoms with Crippen LogP contribution in [0.15, 0.2) is 30.3 Å². The van der Waals surface area contributed by atoms with Crippen molar-refractivity contribution in [3.8, 4) is 0 Å². The van der Waals surface area contributed by atoms with Crippen molar-refractivity contribution in [1.82, 2.24) is 10.4 Å². The molecule has 0 aromatic heterocycles. The molecule has 146 valence electrons. The first-order chi connectivity index (χ1) is 12.4. The van der Waals surface area contributed by atoms with Gasteiger partial charge in [0.15, 0.2) is 0 Å². The highest BCUT2D eigenvalue weighted by molar-refractivity contribution is 5.85. The maximum Gasteiger partial charge on any atom is 0.305 e. The van der Waals surface area contributed by atoms with Gasteiger partial charge in [-0.1, -0.05) is 50.6 Å². The van der Waals surface area contributed by atoms with Crippen LogP contribution in [0.1, 0.15) is 38.7 Å². The van der Waals surface area contributed by atoms with E-state index in [1.807, 2.05) is 30.3 Å². The molecule has 0 atom stereocenters. The summed E-state index contributed by atoms with van der Waals surface area (Å²) in [7, 11) is 2.88. The van der Waals surface area contributed by atoms with Gasteiger partial charge in [-0.05, 0) is 12.0 Å². The molecule has 0 radical (unpaired) electrons. The van der Waals surface area contributed by atoms with Crippen LogP contribution in [-0.2, 0) is 30.4 Å². The fourth-order valence-corrected chi connectivity index (χ4v) is 1.66. The fraction of sp³-hybridized carbons (Fsp3) is 0.526. The number of carbonyl (C=O) groups excluding carboxylic acids is 3. The normalized spacial score (nSPS) is 9.54. The molecular weight excluding hydrogens is 336 g/mol. The molecule has 0 saturated carbocycles. The average Bonchev–Trinajstić information content (AvgIpc) is 2.66. The summed E-state index contributed by atoms with van der Waals surface area (Å²) in [6.45, 7) is 4.40. The summed E-state index contributed by atoms with van der Waals surface area (Å²) in [5, 5.41) is 3.61. The molecule has 0 saturated heterocycles. The number of nitrogens with one attached hydrogen (secondary N) is 1. The highest BCUT2D eigenvalue weighted by atomic mass is 16.7. The number of likely N-dealkylation sites (N-methyl/N-ethyl adjacent to an activating group) is 1. The Balaban J connectivity index is 0.000000590. The van der Waals surface area contributed by atoms with Crippen LogP contribution in [0.3, 0.4) is 0 Å². The van der Waals surface area contributed by atoms with Crippen LogP contribution in [0.25, 0.3) is 0 Å². The van der Waals surface area contributed by atoms with E-state index in [9.17, 15) is 14.4 Å². The van der Waals surface area contributed by atoms with Crippen LogP contribution >= 0.6 is 0 Å². The molecule has 7 nitrogen and oxygen atoms in total. The van der Waals surface area contributed by atoms with Gasteiger partial charge in [0.2, 0.25) is 5.91 Å². The SMILES string of the molecule is CCCCOC(=O)CC.CON(C)C(=O)CNC(=O)Cc1ccccc1. The van der Waals surface area contributed by atoms with Gasteiger partial charge >= 0.3 is 5.97 Å². The number of benzene rings is 1. The van der Waals surface area contributed by atoms with Crippen molar-refractivity contribution in [2.75, 3.05) is 27.3 Å². The molecule has 1 aromatic carbocycles. The van der Waals surface area contributed by atoms with Crippen molar-refractivity contribution >= 4 is 17.8 Å². The minimum absolute atomic E-state index is 0.0595. The van der Waals surface area contributed by atoms with Crippen LogP contribution in [0.5, 0.6) is 0 Å². The van der Waals surface area contributed by atoms with Crippen molar-refractivity contribution in [1.29, 1.82) is 0 Å². The monoisotopic (exact) mass is 366 g/mol. The highest BCUT2D eigenvalue weighted by Gasteiger charge is 2.09. The molecule has 0 fully saturated rings. The minimum Gasteiger partial charge on any atom is -0.466 e. The van der Waals surface area contributed by atoms with Gasteiger partial charge in [-0.25, -0.2) is 5.06 Å². The molecule has 26 heavy (non-hydrogen) atoms. The standard InChI is InChI=1S/C12H16N2O3.C7H14O2/c1-14(17-2)12(16)9-13-11(15)8-10-6-4-3-5-7-10;1-3-5-6-9-7(8)4-2/h3-7H,8-9H2,1-2H3,(H,13,15);3-6H2,1-2H3. The molecule has 1 aromatic rings. The van der Waals surface area contributed by atoms with E-state index in [4.69, 9.17) is 9.57 Å². The summed E-state index contributed by atoms with van der Waals surface area (Å²) < 4.78 is 4.79. The van der Waals surface area contributed by atoms with Crippen LogP contribution in [0.4, 0.5) is 0 Å². The van der Waals surface area contributed by atoms with Crippen LogP contribution in [0, 0.1) is 0 Å². The first-order valence-corrected chi connectivity index (χ1v) is 8.71. The second kappa shape index (κ2) is 14.9. The number of rotatable bonds is 9. The Hall–Kier alpha value is -2.41. The summed E-state index contributed by atoms with van der Waals surface area (Å²) in [5.41, 5.74) is 0.914. The summed E-state index contributed by atoms with van der Waals surface area (Å²) in [5.74, 6) is -0.577. The number of nitrogens with zero attached hydrogens (tertiary/aromatic N) is 1. The van der Waals surface area contributed by atoms with Crippen molar-refractivity contribution < 1.29 is 24.0 Å². The number of hydroxylamine groups is 2. The van der Waals surface area contributed by atoms with Gasteiger partial charge in [-0.15, -0.1) is 0 Å². The fourth-order valence-electron chi connectivity index (χ4n) is 1.66. The topological polar surface area (TPSA) is 84.9 Å². The molecule has 0 heterocycles. The lowest BCUT2D eigenvalue weighted by Gasteiger charge is -2.13. The lowest BCUT2D eigenvalue weighted by molar-refractivity contribution is -0.167. The van der Waals surface area contributed by atoms with Crippen LogP contribution in [0.2, 0.25) is 0 Å². The number of amides is 2. The predicted octanol–water partition coefficient (Wildman–Crippen LogP) is 2.10. The van der Waals surface area contributed by atoms with E-state index in [0.717, 1.165) is 23.5 Å². The zero-order valence-corrected chi connectivity index (χ0v) is 16.1. The van der Waals surface area contributed by atoms with Gasteiger partial charge in [-0.3, -0.25) is 19.2 Å². The average molecular weight is 366 g/mol. The smallest absolute Gasteiger partial charge is 0.305 e. The Morgan fingerprint density at radius 1 is 1.12 bits per heavy atom. The molecule has 1 N–H and O–H groups in total. The van der Waals surface area contributed by atoms with Gasteiger partial charge < -0.3 is 10.1 Å². The van der Waals surface area contributed by atoms with E-state index in [1.165, 1.54) is 14.2 Å². The molecule has 0 aliphatic heterocycles. The van der Waals surface area contributed by atoms with Gasteiger partial charge in [0.05, 0.1) is 26.7 Å². The lowest BCUT2D eigenvalue weighted by atomic mass is 10.1. The van der Waals surface area contributed by atoms with Gasteiger partial charge in [0, 0.05) is 13.5 Å². The molecule has 0 aliphatic carbocycles. The number of esters is 1. The third-order valence-electron chi connectivity index (χ3n) is 3.32. The Kier molecular flexibility index (Phi) is 13.5. The molecule has 0 spiro atoms. The number of hydrogen-bond donors (Lipinski definition) is 1.